The van der Waals surface area contributed by atoms with Gasteiger partial charge in [0.05, 0.1) is 11.8 Å². The van der Waals surface area contributed by atoms with Crippen molar-refractivity contribution in [3.8, 4) is 0 Å². The zero-order chi connectivity index (χ0) is 21.5. The van der Waals surface area contributed by atoms with Crippen molar-refractivity contribution in [3.63, 3.8) is 0 Å². The number of hydrogen-bond acceptors (Lipinski definition) is 3. The molecule has 2 N–H and O–H groups in total. The quantitative estimate of drug-likeness (QED) is 0.228. The van der Waals surface area contributed by atoms with E-state index in [0.717, 1.165) is 44.1 Å². The highest BCUT2D eigenvalue weighted by atomic mass is 127. The molecule has 0 bridgehead atoms. The Bertz CT molecular complexity index is 864. The first-order chi connectivity index (χ1) is 14.5. The summed E-state index contributed by atoms with van der Waals surface area (Å²) in [6, 6.07) is 8.97. The Hall–Kier alpha value is -1.61. The summed E-state index contributed by atoms with van der Waals surface area (Å²) in [6.45, 7) is 7.98. The monoisotopic (exact) mass is 539 g/mol. The van der Waals surface area contributed by atoms with Gasteiger partial charge in [-0.2, -0.15) is 5.10 Å². The molecule has 1 aliphatic rings. The second-order valence-corrected chi connectivity index (χ2v) is 8.33. The molecule has 0 saturated heterocycles. The predicted octanol–water partition coefficient (Wildman–Crippen LogP) is 4.24. The molecule has 0 radical (unpaired) electrons. The lowest BCUT2D eigenvalue weighted by atomic mass is 9.89. The number of rotatable bonds is 8. The maximum atomic E-state index is 6.20. The molecular formula is C24H38IN5O. The van der Waals surface area contributed by atoms with Crippen LogP contribution in [0.5, 0.6) is 0 Å². The molecule has 6 nitrogen and oxygen atoms in total. The van der Waals surface area contributed by atoms with Gasteiger partial charge in [0.15, 0.2) is 5.96 Å². The summed E-state index contributed by atoms with van der Waals surface area (Å²) in [5.41, 5.74) is 6.47. The lowest BCUT2D eigenvalue weighted by Crippen LogP contribution is -2.43. The summed E-state index contributed by atoms with van der Waals surface area (Å²) in [5.74, 6) is 0.838. The molecule has 7 heteroatoms. The van der Waals surface area contributed by atoms with E-state index in [9.17, 15) is 0 Å². The summed E-state index contributed by atoms with van der Waals surface area (Å²) in [7, 11) is 3.82. The molecule has 172 valence electrons. The van der Waals surface area contributed by atoms with Crippen LogP contribution in [0.25, 0.3) is 0 Å². The standard InChI is InChI=1S/C24H37N5O.HI/c1-17(16-22-18(2)28-29(5)19(22)3)27-24(25-4)26-14-9-15-30-23-13-8-11-20-10-6-7-12-21(20)23;/h6-7,10,12,17,23H,8-9,11,13-16H2,1-5H3,(H2,25,26,27);1H. The minimum atomic E-state index is 0. The molecule has 1 heterocycles. The topological polar surface area (TPSA) is 63.5 Å². The van der Waals surface area contributed by atoms with Crippen LogP contribution in [0.1, 0.15) is 60.4 Å². The van der Waals surface area contributed by atoms with Crippen molar-refractivity contribution in [1.29, 1.82) is 0 Å². The number of ether oxygens (including phenoxy) is 1. The molecule has 1 aromatic heterocycles. The predicted molar refractivity (Wildman–Crippen MR) is 138 cm³/mol. The number of halogens is 1. The second-order valence-electron chi connectivity index (χ2n) is 8.33. The highest BCUT2D eigenvalue weighted by Gasteiger charge is 2.20. The van der Waals surface area contributed by atoms with Crippen molar-refractivity contribution >= 4 is 29.9 Å². The lowest BCUT2D eigenvalue weighted by Gasteiger charge is -2.25. The van der Waals surface area contributed by atoms with Gasteiger partial charge in [-0.1, -0.05) is 24.3 Å². The molecule has 2 atom stereocenters. The Morgan fingerprint density at radius 1 is 1.32 bits per heavy atom. The van der Waals surface area contributed by atoms with Gasteiger partial charge in [-0.15, -0.1) is 24.0 Å². The maximum absolute atomic E-state index is 6.20. The summed E-state index contributed by atoms with van der Waals surface area (Å²) >= 11 is 0. The van der Waals surface area contributed by atoms with Gasteiger partial charge in [0.1, 0.15) is 0 Å². The van der Waals surface area contributed by atoms with Crippen LogP contribution in [0.2, 0.25) is 0 Å². The fraction of sp³-hybridized carbons (Fsp3) is 0.583. The fourth-order valence-electron chi connectivity index (χ4n) is 4.29. The molecule has 0 amide bonds. The number of nitrogens with zero attached hydrogens (tertiary/aromatic N) is 3. The van der Waals surface area contributed by atoms with Crippen LogP contribution < -0.4 is 10.6 Å². The smallest absolute Gasteiger partial charge is 0.191 e. The summed E-state index contributed by atoms with van der Waals surface area (Å²) < 4.78 is 8.16. The van der Waals surface area contributed by atoms with Crippen LogP contribution in [0.15, 0.2) is 29.3 Å². The SMILES string of the molecule is CN=C(NCCCOC1CCCc2ccccc21)NC(C)Cc1c(C)nn(C)c1C.I. The number of benzene rings is 1. The van der Waals surface area contributed by atoms with E-state index >= 15 is 0 Å². The van der Waals surface area contributed by atoms with Crippen LogP contribution in [0.4, 0.5) is 0 Å². The molecule has 0 fully saturated rings. The second kappa shape index (κ2) is 12.4. The molecular weight excluding hydrogens is 501 g/mol. The van der Waals surface area contributed by atoms with Crippen LogP contribution in [0.3, 0.4) is 0 Å². The van der Waals surface area contributed by atoms with Crippen molar-refractivity contribution < 1.29 is 4.74 Å². The van der Waals surface area contributed by atoms with Crippen molar-refractivity contribution in [1.82, 2.24) is 20.4 Å². The number of nitrogens with one attached hydrogen (secondary N) is 2. The van der Waals surface area contributed by atoms with Crippen molar-refractivity contribution in [2.45, 2.75) is 65.0 Å². The van der Waals surface area contributed by atoms with E-state index in [1.54, 1.807) is 0 Å². The van der Waals surface area contributed by atoms with E-state index in [1.165, 1.54) is 35.2 Å². The Morgan fingerprint density at radius 2 is 2.10 bits per heavy atom. The summed E-state index contributed by atoms with van der Waals surface area (Å²) in [6.07, 6.45) is 5.64. The molecule has 0 aliphatic heterocycles. The molecule has 2 unspecified atom stereocenters. The minimum absolute atomic E-state index is 0. The van der Waals surface area contributed by atoms with Gasteiger partial charge in [0, 0.05) is 39.0 Å². The Morgan fingerprint density at radius 3 is 2.81 bits per heavy atom. The third kappa shape index (κ3) is 6.94. The Kier molecular flexibility index (Phi) is 10.3. The number of fused-ring (bicyclic) bond motifs is 1. The number of guanidine groups is 1. The van der Waals surface area contributed by atoms with Gasteiger partial charge in [0.25, 0.3) is 0 Å². The van der Waals surface area contributed by atoms with Crippen molar-refractivity contribution in [2.75, 3.05) is 20.2 Å². The van der Waals surface area contributed by atoms with E-state index < -0.39 is 0 Å². The van der Waals surface area contributed by atoms with Crippen LogP contribution >= 0.6 is 24.0 Å². The maximum Gasteiger partial charge on any atom is 0.191 e. The number of aliphatic imine (C=N–C) groups is 1. The average Bonchev–Trinajstić information content (AvgIpc) is 2.98. The molecule has 0 saturated carbocycles. The van der Waals surface area contributed by atoms with E-state index in [1.807, 2.05) is 18.8 Å². The highest BCUT2D eigenvalue weighted by Crippen LogP contribution is 2.32. The summed E-state index contributed by atoms with van der Waals surface area (Å²) in [4.78, 5) is 4.37. The van der Waals surface area contributed by atoms with Crippen LogP contribution in [-0.2, 0) is 24.6 Å². The third-order valence-corrected chi connectivity index (χ3v) is 6.02. The van der Waals surface area contributed by atoms with Gasteiger partial charge in [0.2, 0.25) is 0 Å². The lowest BCUT2D eigenvalue weighted by molar-refractivity contribution is 0.0398. The van der Waals surface area contributed by atoms with Gasteiger partial charge in [-0.3, -0.25) is 9.67 Å². The normalized spacial score (nSPS) is 16.9. The minimum Gasteiger partial charge on any atom is -0.373 e. The molecule has 3 rings (SSSR count). The number of aryl methyl sites for hydroxylation is 3. The molecule has 2 aromatic rings. The van der Waals surface area contributed by atoms with Crippen LogP contribution in [0, 0.1) is 13.8 Å². The van der Waals surface area contributed by atoms with Crippen molar-refractivity contribution in [2.24, 2.45) is 12.0 Å². The zero-order valence-corrected chi connectivity index (χ0v) is 21.9. The van der Waals surface area contributed by atoms with Crippen molar-refractivity contribution in [3.05, 3.63) is 52.3 Å². The van der Waals surface area contributed by atoms with E-state index in [4.69, 9.17) is 4.74 Å². The third-order valence-electron chi connectivity index (χ3n) is 6.02. The Labute approximate surface area is 204 Å². The van der Waals surface area contributed by atoms with Crippen LogP contribution in [-0.4, -0.2) is 42.0 Å². The highest BCUT2D eigenvalue weighted by molar-refractivity contribution is 14.0. The fourth-order valence-corrected chi connectivity index (χ4v) is 4.29. The molecule has 1 aliphatic carbocycles. The van der Waals surface area contributed by atoms with Gasteiger partial charge in [-0.25, -0.2) is 0 Å². The average molecular weight is 540 g/mol. The van der Waals surface area contributed by atoms with Gasteiger partial charge >= 0.3 is 0 Å². The number of hydrogen-bond donors (Lipinski definition) is 2. The van der Waals surface area contributed by atoms with Gasteiger partial charge in [-0.05, 0) is 69.6 Å². The molecule has 1 aromatic carbocycles. The summed E-state index contributed by atoms with van der Waals surface area (Å²) in [5, 5.41) is 11.4. The first kappa shape index (κ1) is 25.6. The number of aromatic nitrogens is 2. The first-order valence-electron chi connectivity index (χ1n) is 11.1. The Balaban J connectivity index is 0.00000341. The first-order valence-corrected chi connectivity index (χ1v) is 11.1. The largest absolute Gasteiger partial charge is 0.373 e. The zero-order valence-electron chi connectivity index (χ0n) is 19.6. The molecule has 0 spiro atoms. The van der Waals surface area contributed by atoms with E-state index in [0.29, 0.717) is 0 Å². The molecule has 31 heavy (non-hydrogen) atoms. The van der Waals surface area contributed by atoms with E-state index in [-0.39, 0.29) is 36.1 Å². The van der Waals surface area contributed by atoms with E-state index in [2.05, 4.69) is 65.8 Å². The van der Waals surface area contributed by atoms with Gasteiger partial charge < -0.3 is 15.4 Å².